The quantitative estimate of drug-likeness (QED) is 0.840. The Morgan fingerprint density at radius 3 is 2.87 bits per heavy atom. The number of ether oxygens (including phenoxy) is 1. The van der Waals surface area contributed by atoms with E-state index in [1.807, 2.05) is 24.3 Å². The molecule has 1 heterocycles. The highest BCUT2D eigenvalue weighted by atomic mass is 35.5. The van der Waals surface area contributed by atoms with E-state index in [0.717, 1.165) is 36.6 Å². The normalized spacial score (nSPS) is 23.7. The lowest BCUT2D eigenvalue weighted by Crippen LogP contribution is -2.29. The van der Waals surface area contributed by atoms with Gasteiger partial charge in [-0.2, -0.15) is 0 Å². The molecule has 0 aliphatic carbocycles. The standard InChI is InChI=1S/C12H16ClNO/c13-11-6-2-1-5-10(11)12(14)9-4-3-7-15-8-9/h1-2,5-6,9,12H,3-4,7-8,14H2. The molecule has 1 aliphatic heterocycles. The van der Waals surface area contributed by atoms with E-state index in [0.29, 0.717) is 5.92 Å². The van der Waals surface area contributed by atoms with Crippen LogP contribution in [0.25, 0.3) is 0 Å². The zero-order valence-electron chi connectivity index (χ0n) is 8.66. The molecule has 1 fully saturated rings. The van der Waals surface area contributed by atoms with Crippen LogP contribution < -0.4 is 5.73 Å². The van der Waals surface area contributed by atoms with Crippen molar-refractivity contribution in [1.82, 2.24) is 0 Å². The Bertz CT molecular complexity index is 323. The van der Waals surface area contributed by atoms with Crippen LogP contribution in [0.2, 0.25) is 5.02 Å². The molecule has 0 saturated carbocycles. The lowest BCUT2D eigenvalue weighted by Gasteiger charge is -2.28. The average Bonchev–Trinajstić information content (AvgIpc) is 2.30. The van der Waals surface area contributed by atoms with E-state index in [9.17, 15) is 0 Å². The fraction of sp³-hybridized carbons (Fsp3) is 0.500. The van der Waals surface area contributed by atoms with Gasteiger partial charge in [0, 0.05) is 23.6 Å². The van der Waals surface area contributed by atoms with Crippen LogP contribution >= 0.6 is 11.6 Å². The summed E-state index contributed by atoms with van der Waals surface area (Å²) in [6, 6.07) is 7.79. The summed E-state index contributed by atoms with van der Waals surface area (Å²) in [4.78, 5) is 0. The Morgan fingerprint density at radius 1 is 1.40 bits per heavy atom. The maximum atomic E-state index is 6.21. The molecule has 1 saturated heterocycles. The van der Waals surface area contributed by atoms with Crippen molar-refractivity contribution < 1.29 is 4.74 Å². The van der Waals surface area contributed by atoms with E-state index in [4.69, 9.17) is 22.1 Å². The number of benzene rings is 1. The molecular formula is C12H16ClNO. The zero-order valence-corrected chi connectivity index (χ0v) is 9.41. The molecule has 0 bridgehead atoms. The highest BCUT2D eigenvalue weighted by Gasteiger charge is 2.23. The van der Waals surface area contributed by atoms with E-state index in [2.05, 4.69) is 0 Å². The van der Waals surface area contributed by atoms with Crippen LogP contribution in [-0.2, 0) is 4.74 Å². The predicted molar refractivity (Wildman–Crippen MR) is 61.9 cm³/mol. The van der Waals surface area contributed by atoms with Crippen LogP contribution in [0.1, 0.15) is 24.4 Å². The van der Waals surface area contributed by atoms with E-state index in [1.54, 1.807) is 0 Å². The van der Waals surface area contributed by atoms with E-state index in [1.165, 1.54) is 0 Å². The van der Waals surface area contributed by atoms with Gasteiger partial charge in [0.1, 0.15) is 0 Å². The molecule has 0 spiro atoms. The minimum Gasteiger partial charge on any atom is -0.381 e. The fourth-order valence-electron chi connectivity index (χ4n) is 2.05. The second-order valence-electron chi connectivity index (χ2n) is 4.02. The summed E-state index contributed by atoms with van der Waals surface area (Å²) in [7, 11) is 0. The average molecular weight is 226 g/mol. The monoisotopic (exact) mass is 225 g/mol. The lowest BCUT2D eigenvalue weighted by molar-refractivity contribution is 0.0448. The molecule has 2 unspecified atom stereocenters. The van der Waals surface area contributed by atoms with Gasteiger partial charge >= 0.3 is 0 Å². The van der Waals surface area contributed by atoms with Gasteiger partial charge < -0.3 is 10.5 Å². The number of rotatable bonds is 2. The van der Waals surface area contributed by atoms with Crippen molar-refractivity contribution in [2.45, 2.75) is 18.9 Å². The summed E-state index contributed by atoms with van der Waals surface area (Å²) < 4.78 is 5.44. The van der Waals surface area contributed by atoms with Gasteiger partial charge in [0.15, 0.2) is 0 Å². The molecule has 15 heavy (non-hydrogen) atoms. The summed E-state index contributed by atoms with van der Waals surface area (Å²) in [5.41, 5.74) is 7.24. The first-order valence-electron chi connectivity index (χ1n) is 5.37. The van der Waals surface area contributed by atoms with Crippen LogP contribution in [0.4, 0.5) is 0 Å². The minimum atomic E-state index is -0.000926. The maximum absolute atomic E-state index is 6.21. The third-order valence-electron chi connectivity index (χ3n) is 2.97. The summed E-state index contributed by atoms with van der Waals surface area (Å²) in [6.45, 7) is 1.62. The summed E-state index contributed by atoms with van der Waals surface area (Å²) in [6.07, 6.45) is 2.23. The van der Waals surface area contributed by atoms with Crippen LogP contribution in [-0.4, -0.2) is 13.2 Å². The largest absolute Gasteiger partial charge is 0.381 e. The smallest absolute Gasteiger partial charge is 0.0512 e. The molecule has 1 aromatic rings. The van der Waals surface area contributed by atoms with Crippen molar-refractivity contribution in [2.75, 3.05) is 13.2 Å². The zero-order chi connectivity index (χ0) is 10.7. The van der Waals surface area contributed by atoms with Crippen molar-refractivity contribution >= 4 is 11.6 Å². The van der Waals surface area contributed by atoms with Gasteiger partial charge in [-0.05, 0) is 24.5 Å². The number of nitrogens with two attached hydrogens (primary N) is 1. The predicted octanol–water partition coefficient (Wildman–Crippen LogP) is 2.77. The summed E-state index contributed by atoms with van der Waals surface area (Å²) in [5, 5.41) is 0.760. The summed E-state index contributed by atoms with van der Waals surface area (Å²) in [5.74, 6) is 0.402. The van der Waals surface area contributed by atoms with E-state index >= 15 is 0 Å². The van der Waals surface area contributed by atoms with Crippen molar-refractivity contribution in [3.05, 3.63) is 34.9 Å². The second-order valence-corrected chi connectivity index (χ2v) is 4.43. The van der Waals surface area contributed by atoms with Gasteiger partial charge in [-0.3, -0.25) is 0 Å². The van der Waals surface area contributed by atoms with Gasteiger partial charge in [-0.15, -0.1) is 0 Å². The van der Waals surface area contributed by atoms with Crippen molar-refractivity contribution in [2.24, 2.45) is 11.7 Å². The lowest BCUT2D eigenvalue weighted by atomic mass is 9.89. The Hall–Kier alpha value is -0.570. The van der Waals surface area contributed by atoms with Crippen molar-refractivity contribution in [3.63, 3.8) is 0 Å². The molecule has 0 radical (unpaired) electrons. The molecule has 82 valence electrons. The van der Waals surface area contributed by atoms with Gasteiger partial charge in [0.2, 0.25) is 0 Å². The van der Waals surface area contributed by atoms with Gasteiger partial charge in [0.05, 0.1) is 6.61 Å². The topological polar surface area (TPSA) is 35.2 Å². The van der Waals surface area contributed by atoms with E-state index < -0.39 is 0 Å². The van der Waals surface area contributed by atoms with Crippen LogP contribution in [0.15, 0.2) is 24.3 Å². The molecule has 1 aliphatic rings. The SMILES string of the molecule is NC(c1ccccc1Cl)C1CCCOC1. The number of hydrogen-bond acceptors (Lipinski definition) is 2. The van der Waals surface area contributed by atoms with Crippen LogP contribution in [0.5, 0.6) is 0 Å². The van der Waals surface area contributed by atoms with Crippen LogP contribution in [0, 0.1) is 5.92 Å². The number of hydrogen-bond donors (Lipinski definition) is 1. The Labute approximate surface area is 95.4 Å². The molecule has 0 amide bonds. The highest BCUT2D eigenvalue weighted by molar-refractivity contribution is 6.31. The first-order chi connectivity index (χ1) is 7.29. The molecule has 2 N–H and O–H groups in total. The minimum absolute atomic E-state index is 0.000926. The molecule has 0 aromatic heterocycles. The van der Waals surface area contributed by atoms with Crippen molar-refractivity contribution in [1.29, 1.82) is 0 Å². The van der Waals surface area contributed by atoms with Gasteiger partial charge in [-0.1, -0.05) is 29.8 Å². The Balaban J connectivity index is 2.12. The Morgan fingerprint density at radius 2 is 2.20 bits per heavy atom. The molecule has 2 rings (SSSR count). The fourth-order valence-corrected chi connectivity index (χ4v) is 2.31. The molecule has 2 nitrogen and oxygen atoms in total. The molecule has 3 heteroatoms. The highest BCUT2D eigenvalue weighted by Crippen LogP contribution is 2.30. The molecular weight excluding hydrogens is 210 g/mol. The number of halogens is 1. The third-order valence-corrected chi connectivity index (χ3v) is 3.31. The Kier molecular flexibility index (Phi) is 3.62. The van der Waals surface area contributed by atoms with Gasteiger partial charge in [-0.25, -0.2) is 0 Å². The molecule has 1 aromatic carbocycles. The maximum Gasteiger partial charge on any atom is 0.0512 e. The second kappa shape index (κ2) is 4.97. The van der Waals surface area contributed by atoms with E-state index in [-0.39, 0.29) is 6.04 Å². The summed E-state index contributed by atoms with van der Waals surface area (Å²) >= 11 is 6.12. The van der Waals surface area contributed by atoms with Crippen LogP contribution in [0.3, 0.4) is 0 Å². The van der Waals surface area contributed by atoms with Gasteiger partial charge in [0.25, 0.3) is 0 Å². The first-order valence-corrected chi connectivity index (χ1v) is 5.74. The third kappa shape index (κ3) is 2.51. The van der Waals surface area contributed by atoms with Crippen molar-refractivity contribution in [3.8, 4) is 0 Å². The first kappa shape index (κ1) is 10.9. The molecule has 2 atom stereocenters.